The van der Waals surface area contributed by atoms with Crippen molar-refractivity contribution in [3.63, 3.8) is 0 Å². The minimum absolute atomic E-state index is 0.0856. The molecule has 0 unspecified atom stereocenters. The number of aliphatic carboxylic acids is 1. The van der Waals surface area contributed by atoms with Gasteiger partial charge in [0.05, 0.1) is 0 Å². The first-order chi connectivity index (χ1) is 14.3. The zero-order chi connectivity index (χ0) is 21.7. The van der Waals surface area contributed by atoms with Crippen molar-refractivity contribution in [3.05, 3.63) is 71.2 Å². The number of carbonyl (C=O) groups excluding carboxylic acids is 2. The maximum absolute atomic E-state index is 13.2. The molecule has 9 heteroatoms. The van der Waals surface area contributed by atoms with Gasteiger partial charge in [-0.25, -0.2) is 4.39 Å². The van der Waals surface area contributed by atoms with Gasteiger partial charge < -0.3 is 25.2 Å². The van der Waals surface area contributed by atoms with Gasteiger partial charge in [-0.1, -0.05) is 18.2 Å². The maximum atomic E-state index is 13.2. The van der Waals surface area contributed by atoms with Crippen LogP contribution in [-0.2, 0) is 20.9 Å². The van der Waals surface area contributed by atoms with Gasteiger partial charge in [0.15, 0.2) is 0 Å². The SMILES string of the molecule is O=C(O)CNC(=O)C1=C(O)CCN(Cc2ccc(Oc3cccc(F)c3)cc2)C1=O. The van der Waals surface area contributed by atoms with Crippen LogP contribution in [0.15, 0.2) is 59.9 Å². The number of amides is 2. The number of aliphatic hydroxyl groups excluding tert-OH is 1. The van der Waals surface area contributed by atoms with Crippen LogP contribution in [0.3, 0.4) is 0 Å². The van der Waals surface area contributed by atoms with Gasteiger partial charge in [-0.2, -0.15) is 0 Å². The van der Waals surface area contributed by atoms with Crippen LogP contribution in [0, 0.1) is 5.82 Å². The van der Waals surface area contributed by atoms with Crippen LogP contribution in [0.1, 0.15) is 12.0 Å². The van der Waals surface area contributed by atoms with Gasteiger partial charge in [0.2, 0.25) is 0 Å². The molecule has 1 aliphatic heterocycles. The Morgan fingerprint density at radius 2 is 1.87 bits per heavy atom. The summed E-state index contributed by atoms with van der Waals surface area (Å²) in [5.74, 6) is -2.80. The molecule has 8 nitrogen and oxygen atoms in total. The van der Waals surface area contributed by atoms with Crippen molar-refractivity contribution < 1.29 is 33.7 Å². The minimum Gasteiger partial charge on any atom is -0.511 e. The molecular formula is C21H19FN2O6. The third-order valence-electron chi connectivity index (χ3n) is 4.36. The monoisotopic (exact) mass is 414 g/mol. The largest absolute Gasteiger partial charge is 0.511 e. The van der Waals surface area contributed by atoms with Crippen molar-refractivity contribution in [3.8, 4) is 11.5 Å². The van der Waals surface area contributed by atoms with Crippen LogP contribution in [0.4, 0.5) is 4.39 Å². The smallest absolute Gasteiger partial charge is 0.322 e. The second kappa shape index (κ2) is 9.08. The van der Waals surface area contributed by atoms with Crippen molar-refractivity contribution in [2.75, 3.05) is 13.1 Å². The summed E-state index contributed by atoms with van der Waals surface area (Å²) in [5, 5.41) is 20.7. The molecule has 0 saturated heterocycles. The van der Waals surface area contributed by atoms with Crippen LogP contribution in [0.25, 0.3) is 0 Å². The molecule has 0 radical (unpaired) electrons. The first kappa shape index (κ1) is 20.8. The molecule has 2 amide bonds. The fourth-order valence-electron chi connectivity index (χ4n) is 2.92. The topological polar surface area (TPSA) is 116 Å². The highest BCUT2D eigenvalue weighted by Gasteiger charge is 2.32. The molecule has 2 aromatic rings. The molecule has 30 heavy (non-hydrogen) atoms. The van der Waals surface area contributed by atoms with E-state index in [0.717, 1.165) is 5.56 Å². The maximum Gasteiger partial charge on any atom is 0.322 e. The number of hydrogen-bond donors (Lipinski definition) is 3. The Labute approximate surface area is 171 Å². The van der Waals surface area contributed by atoms with Crippen LogP contribution in [0.5, 0.6) is 11.5 Å². The molecule has 1 heterocycles. The molecule has 0 saturated carbocycles. The first-order valence-electron chi connectivity index (χ1n) is 9.07. The van der Waals surface area contributed by atoms with Gasteiger partial charge in [-0.3, -0.25) is 14.4 Å². The Morgan fingerprint density at radius 3 is 2.53 bits per heavy atom. The van der Waals surface area contributed by atoms with Crippen molar-refractivity contribution in [1.82, 2.24) is 10.2 Å². The molecule has 0 spiro atoms. The fourth-order valence-corrected chi connectivity index (χ4v) is 2.92. The van der Waals surface area contributed by atoms with Crippen molar-refractivity contribution >= 4 is 17.8 Å². The molecule has 1 aliphatic rings. The summed E-state index contributed by atoms with van der Waals surface area (Å²) in [6.07, 6.45) is 0.0856. The highest BCUT2D eigenvalue weighted by molar-refractivity contribution is 6.19. The molecular weight excluding hydrogens is 395 g/mol. The zero-order valence-electron chi connectivity index (χ0n) is 15.8. The number of hydrogen-bond acceptors (Lipinski definition) is 5. The van der Waals surface area contributed by atoms with E-state index in [1.165, 1.54) is 23.1 Å². The number of halogens is 1. The second-order valence-electron chi connectivity index (χ2n) is 6.58. The second-order valence-corrected chi connectivity index (χ2v) is 6.58. The number of nitrogens with one attached hydrogen (secondary N) is 1. The molecule has 2 aromatic carbocycles. The minimum atomic E-state index is -1.26. The van der Waals surface area contributed by atoms with Crippen LogP contribution in [-0.4, -0.2) is 46.0 Å². The lowest BCUT2D eigenvalue weighted by Gasteiger charge is -2.28. The Morgan fingerprint density at radius 1 is 1.13 bits per heavy atom. The lowest BCUT2D eigenvalue weighted by atomic mass is 10.0. The summed E-state index contributed by atoms with van der Waals surface area (Å²) < 4.78 is 18.8. The number of carboxylic acids is 1. The van der Waals surface area contributed by atoms with E-state index in [2.05, 4.69) is 5.32 Å². The van der Waals surface area contributed by atoms with Crippen LogP contribution < -0.4 is 10.1 Å². The van der Waals surface area contributed by atoms with Gasteiger partial charge >= 0.3 is 5.97 Å². The molecule has 3 N–H and O–H groups in total. The van der Waals surface area contributed by atoms with E-state index in [-0.39, 0.29) is 25.3 Å². The van der Waals surface area contributed by atoms with Crippen LogP contribution in [0.2, 0.25) is 0 Å². The quantitative estimate of drug-likeness (QED) is 0.599. The third kappa shape index (κ3) is 5.13. The summed E-state index contributed by atoms with van der Waals surface area (Å²) in [4.78, 5) is 36.7. The predicted molar refractivity (Wildman–Crippen MR) is 103 cm³/mol. The molecule has 0 bridgehead atoms. The summed E-state index contributed by atoms with van der Waals surface area (Å²) in [6, 6.07) is 12.5. The van der Waals surface area contributed by atoms with Gasteiger partial charge in [0, 0.05) is 25.6 Å². The first-order valence-corrected chi connectivity index (χ1v) is 9.07. The van der Waals surface area contributed by atoms with Crippen molar-refractivity contribution in [2.24, 2.45) is 0 Å². The molecule has 3 rings (SSSR count). The number of benzene rings is 2. The lowest BCUT2D eigenvalue weighted by molar-refractivity contribution is -0.138. The number of aliphatic hydroxyl groups is 1. The van der Waals surface area contributed by atoms with Crippen LogP contribution >= 0.6 is 0 Å². The Bertz CT molecular complexity index is 1000. The Hall–Kier alpha value is -3.88. The average Bonchev–Trinajstić information content (AvgIpc) is 2.70. The van der Waals surface area contributed by atoms with E-state index < -0.39 is 35.7 Å². The molecule has 0 aromatic heterocycles. The van der Waals surface area contributed by atoms with E-state index in [9.17, 15) is 23.9 Å². The summed E-state index contributed by atoms with van der Waals surface area (Å²) in [7, 11) is 0. The van der Waals surface area contributed by atoms with E-state index in [0.29, 0.717) is 11.5 Å². The van der Waals surface area contributed by atoms with E-state index in [1.54, 1.807) is 30.3 Å². The number of carboxylic acid groups (broad SMARTS) is 1. The number of rotatable bonds is 7. The summed E-state index contributed by atoms with van der Waals surface area (Å²) in [5.41, 5.74) is 0.301. The lowest BCUT2D eigenvalue weighted by Crippen LogP contribution is -2.43. The molecule has 0 fully saturated rings. The van der Waals surface area contributed by atoms with Gasteiger partial charge in [0.1, 0.15) is 35.2 Å². The third-order valence-corrected chi connectivity index (χ3v) is 4.36. The Balaban J connectivity index is 1.65. The molecule has 156 valence electrons. The summed E-state index contributed by atoms with van der Waals surface area (Å²) >= 11 is 0. The van der Waals surface area contributed by atoms with Crippen molar-refractivity contribution in [1.29, 1.82) is 0 Å². The normalized spacial score (nSPS) is 13.9. The van der Waals surface area contributed by atoms with Gasteiger partial charge in [-0.05, 0) is 29.8 Å². The Kier molecular flexibility index (Phi) is 6.31. The highest BCUT2D eigenvalue weighted by atomic mass is 19.1. The predicted octanol–water partition coefficient (Wildman–Crippen LogP) is 2.36. The molecule has 0 aliphatic carbocycles. The number of nitrogens with zero attached hydrogens (tertiary/aromatic N) is 1. The number of ether oxygens (including phenoxy) is 1. The van der Waals surface area contributed by atoms with Gasteiger partial charge in [-0.15, -0.1) is 0 Å². The van der Waals surface area contributed by atoms with Gasteiger partial charge in [0.25, 0.3) is 11.8 Å². The summed E-state index contributed by atoms with van der Waals surface area (Å²) in [6.45, 7) is -0.264. The van der Waals surface area contributed by atoms with E-state index in [1.807, 2.05) is 0 Å². The number of carbonyl (C=O) groups is 3. The molecule has 0 atom stereocenters. The van der Waals surface area contributed by atoms with E-state index >= 15 is 0 Å². The van der Waals surface area contributed by atoms with E-state index in [4.69, 9.17) is 9.84 Å². The standard InChI is InChI=1S/C21H19FN2O6/c22-14-2-1-3-16(10-14)30-15-6-4-13(5-7-15)12-24-9-8-17(25)19(21(24)29)20(28)23-11-18(26)27/h1-7,10,25H,8-9,11-12H2,(H,23,28)(H,26,27). The average molecular weight is 414 g/mol. The fraction of sp³-hybridized carbons (Fsp3) is 0.190. The highest BCUT2D eigenvalue weighted by Crippen LogP contribution is 2.24. The van der Waals surface area contributed by atoms with Crippen molar-refractivity contribution in [2.45, 2.75) is 13.0 Å². The zero-order valence-corrected chi connectivity index (χ0v) is 15.8.